The third kappa shape index (κ3) is 7.09. The predicted octanol–water partition coefficient (Wildman–Crippen LogP) is 7.13. The van der Waals surface area contributed by atoms with Crippen LogP contribution < -0.4 is 19.1 Å². The average molecular weight is 603 g/mol. The van der Waals surface area contributed by atoms with E-state index in [4.69, 9.17) is 9.47 Å². The van der Waals surface area contributed by atoms with Crippen LogP contribution in [0.25, 0.3) is 11.1 Å². The van der Waals surface area contributed by atoms with Crippen molar-refractivity contribution in [1.29, 1.82) is 0 Å². The van der Waals surface area contributed by atoms with Crippen LogP contribution in [0, 0.1) is 0 Å². The zero-order valence-electron chi connectivity index (χ0n) is 22.2. The molecule has 0 N–H and O–H groups in total. The first-order valence-electron chi connectivity index (χ1n) is 12.4. The number of para-hydroxylation sites is 1. The van der Waals surface area contributed by atoms with Gasteiger partial charge in [-0.05, 0) is 41.5 Å². The molecule has 1 amide bonds. The molecular formula is C28H25F7N2O5. The summed E-state index contributed by atoms with van der Waals surface area (Å²) in [5, 5.41) is 0. The van der Waals surface area contributed by atoms with Crippen LogP contribution in [0.5, 0.6) is 17.2 Å². The second kappa shape index (κ2) is 12.2. The number of carbonyl (C=O) groups excluding carboxylic acids is 1. The zero-order chi connectivity index (χ0) is 30.7. The number of ether oxygens (including phenoxy) is 4. The molecule has 0 aliphatic carbocycles. The van der Waals surface area contributed by atoms with Crippen LogP contribution in [0.3, 0.4) is 0 Å². The molecule has 1 aliphatic rings. The first-order chi connectivity index (χ1) is 19.8. The number of rotatable bonds is 9. The number of amides is 1. The summed E-state index contributed by atoms with van der Waals surface area (Å²) in [6.07, 6.45) is -14.3. The maximum Gasteiger partial charge on any atom is 0.573 e. The molecular weight excluding hydrogens is 577 g/mol. The highest BCUT2D eigenvalue weighted by atomic mass is 19.4. The number of anilines is 1. The van der Waals surface area contributed by atoms with Crippen LogP contribution in [0.2, 0.25) is 0 Å². The standard InChI is InChI=1S/C28H25F7N2O5/c1-36(26(38)39-2)12-13-37-22-11-5-10-21(17-6-3-9-20(14-17)42-28(33,34)35)24(22)40-16-23(37)18-7-4-8-19(15-18)41-27(31,32)25(29)30/h3-11,14-15,23,25H,12-13,16H2,1-2H3. The van der Waals surface area contributed by atoms with Crippen molar-refractivity contribution in [3.8, 4) is 28.4 Å². The molecule has 7 nitrogen and oxygen atoms in total. The first kappa shape index (κ1) is 30.6. The first-order valence-corrected chi connectivity index (χ1v) is 12.4. The number of benzene rings is 3. The Morgan fingerprint density at radius 1 is 1.00 bits per heavy atom. The van der Waals surface area contributed by atoms with Gasteiger partial charge in [-0.2, -0.15) is 17.6 Å². The van der Waals surface area contributed by atoms with Crippen LogP contribution in [-0.4, -0.2) is 63.7 Å². The number of hydrogen-bond acceptors (Lipinski definition) is 6. The second-order valence-electron chi connectivity index (χ2n) is 9.18. The minimum absolute atomic E-state index is 0.0701. The normalized spacial score (nSPS) is 15.1. The molecule has 0 saturated carbocycles. The van der Waals surface area contributed by atoms with Crippen LogP contribution >= 0.6 is 0 Å². The maximum atomic E-state index is 13.6. The van der Waals surface area contributed by atoms with Gasteiger partial charge in [-0.25, -0.2) is 4.79 Å². The third-order valence-corrected chi connectivity index (χ3v) is 6.36. The van der Waals surface area contributed by atoms with E-state index in [2.05, 4.69) is 9.47 Å². The van der Waals surface area contributed by atoms with Gasteiger partial charge in [0, 0.05) is 25.7 Å². The van der Waals surface area contributed by atoms with E-state index in [0.717, 1.165) is 12.1 Å². The van der Waals surface area contributed by atoms with Gasteiger partial charge in [-0.1, -0.05) is 36.4 Å². The van der Waals surface area contributed by atoms with Gasteiger partial charge in [0.1, 0.15) is 18.1 Å². The van der Waals surface area contributed by atoms with Gasteiger partial charge in [0.2, 0.25) is 0 Å². The molecule has 0 fully saturated rings. The Morgan fingerprint density at radius 3 is 2.33 bits per heavy atom. The fraction of sp³-hybridized carbons (Fsp3) is 0.321. The Bertz CT molecular complexity index is 1400. The number of fused-ring (bicyclic) bond motifs is 1. The van der Waals surface area contributed by atoms with Crippen molar-refractivity contribution in [3.63, 3.8) is 0 Å². The van der Waals surface area contributed by atoms with E-state index in [-0.39, 0.29) is 19.7 Å². The molecule has 0 saturated heterocycles. The van der Waals surface area contributed by atoms with Gasteiger partial charge >= 0.3 is 25.0 Å². The van der Waals surface area contributed by atoms with Crippen LogP contribution in [-0.2, 0) is 4.74 Å². The van der Waals surface area contributed by atoms with Crippen LogP contribution in [0.4, 0.5) is 41.2 Å². The van der Waals surface area contributed by atoms with Gasteiger partial charge in [0.15, 0.2) is 5.75 Å². The minimum atomic E-state index is -4.89. The smallest absolute Gasteiger partial charge is 0.488 e. The summed E-state index contributed by atoms with van der Waals surface area (Å²) in [7, 11) is 2.72. The summed E-state index contributed by atoms with van der Waals surface area (Å²) >= 11 is 0. The highest BCUT2D eigenvalue weighted by Gasteiger charge is 2.44. The van der Waals surface area contributed by atoms with Gasteiger partial charge in [-0.3, -0.25) is 0 Å². The summed E-state index contributed by atoms with van der Waals surface area (Å²) in [6.45, 7) is 0.242. The largest absolute Gasteiger partial charge is 0.573 e. The SMILES string of the molecule is COC(=O)N(C)CCN1c2cccc(-c3cccc(OC(F)(F)F)c3)c2OCC1c1cccc(OC(F)(F)C(F)F)c1. The molecule has 0 radical (unpaired) electrons. The van der Waals surface area contributed by atoms with E-state index in [9.17, 15) is 35.5 Å². The highest BCUT2D eigenvalue weighted by molar-refractivity contribution is 5.80. The van der Waals surface area contributed by atoms with E-state index >= 15 is 0 Å². The Hall–Kier alpha value is -4.36. The lowest BCUT2D eigenvalue weighted by Gasteiger charge is -2.40. The molecule has 3 aromatic carbocycles. The molecule has 226 valence electrons. The maximum absolute atomic E-state index is 13.6. The van der Waals surface area contributed by atoms with Gasteiger partial charge < -0.3 is 28.7 Å². The quantitative estimate of drug-likeness (QED) is 0.243. The van der Waals surface area contributed by atoms with Crippen LogP contribution in [0.15, 0.2) is 66.7 Å². The van der Waals surface area contributed by atoms with E-state index in [0.29, 0.717) is 28.1 Å². The lowest BCUT2D eigenvalue weighted by molar-refractivity contribution is -0.274. The number of carbonyl (C=O) groups is 1. The number of likely N-dealkylation sites (N-methyl/N-ethyl adjacent to an activating group) is 1. The summed E-state index contributed by atoms with van der Waals surface area (Å²) in [6, 6.07) is 14.9. The fourth-order valence-corrected chi connectivity index (χ4v) is 4.46. The summed E-state index contributed by atoms with van der Waals surface area (Å²) in [5.74, 6) is -0.610. The number of nitrogens with zero attached hydrogens (tertiary/aromatic N) is 2. The predicted molar refractivity (Wildman–Crippen MR) is 137 cm³/mol. The highest BCUT2D eigenvalue weighted by Crippen LogP contribution is 2.46. The molecule has 14 heteroatoms. The van der Waals surface area contributed by atoms with Crippen molar-refractivity contribution in [2.75, 3.05) is 38.8 Å². The summed E-state index contributed by atoms with van der Waals surface area (Å²) in [4.78, 5) is 15.1. The van der Waals surface area contributed by atoms with Crippen molar-refractivity contribution in [1.82, 2.24) is 4.90 Å². The average Bonchev–Trinajstić information content (AvgIpc) is 2.93. The Labute approximate surface area is 235 Å². The molecule has 0 spiro atoms. The van der Waals surface area contributed by atoms with Crippen molar-refractivity contribution in [3.05, 3.63) is 72.3 Å². The van der Waals surface area contributed by atoms with Crippen molar-refractivity contribution in [2.45, 2.75) is 24.9 Å². The molecule has 3 aromatic rings. The lowest BCUT2D eigenvalue weighted by atomic mass is 9.98. The van der Waals surface area contributed by atoms with Gasteiger partial charge in [-0.15, -0.1) is 13.2 Å². The molecule has 0 bridgehead atoms. The van der Waals surface area contributed by atoms with E-state index in [1.807, 2.05) is 4.90 Å². The molecule has 42 heavy (non-hydrogen) atoms. The van der Waals surface area contributed by atoms with Crippen molar-refractivity contribution < 1.29 is 54.5 Å². The number of halogens is 7. The lowest BCUT2D eigenvalue weighted by Crippen LogP contribution is -2.42. The molecule has 1 aliphatic heterocycles. The number of methoxy groups -OCH3 is 1. The van der Waals surface area contributed by atoms with Crippen molar-refractivity contribution >= 4 is 11.8 Å². The van der Waals surface area contributed by atoms with E-state index in [1.165, 1.54) is 43.3 Å². The van der Waals surface area contributed by atoms with E-state index < -0.39 is 42.5 Å². The van der Waals surface area contributed by atoms with Crippen molar-refractivity contribution in [2.24, 2.45) is 0 Å². The fourth-order valence-electron chi connectivity index (χ4n) is 4.46. The van der Waals surface area contributed by atoms with Crippen LogP contribution in [0.1, 0.15) is 11.6 Å². The van der Waals surface area contributed by atoms with Gasteiger partial charge in [0.05, 0.1) is 18.8 Å². The third-order valence-electron chi connectivity index (χ3n) is 6.36. The Kier molecular flexibility index (Phi) is 8.92. The molecule has 1 unspecified atom stereocenters. The summed E-state index contributed by atoms with van der Waals surface area (Å²) < 4.78 is 110. The second-order valence-corrected chi connectivity index (χ2v) is 9.18. The number of hydrogen-bond donors (Lipinski definition) is 0. The Balaban J connectivity index is 1.73. The molecule has 1 atom stereocenters. The zero-order valence-corrected chi connectivity index (χ0v) is 22.2. The summed E-state index contributed by atoms with van der Waals surface area (Å²) in [5.41, 5.74) is 1.67. The minimum Gasteiger partial charge on any atom is -0.488 e. The van der Waals surface area contributed by atoms with E-state index in [1.54, 1.807) is 30.3 Å². The number of alkyl halides is 7. The van der Waals surface area contributed by atoms with Gasteiger partial charge in [0.25, 0.3) is 0 Å². The molecule has 0 aromatic heterocycles. The topological polar surface area (TPSA) is 60.5 Å². The monoisotopic (exact) mass is 602 g/mol. The Morgan fingerprint density at radius 2 is 1.67 bits per heavy atom. The molecule has 1 heterocycles. The molecule has 4 rings (SSSR count).